The molecule has 0 bridgehead atoms. The van der Waals surface area contributed by atoms with Crippen molar-refractivity contribution in [3.8, 4) is 0 Å². The lowest BCUT2D eigenvalue weighted by molar-refractivity contribution is 0.365. The molecule has 0 aliphatic heterocycles. The lowest BCUT2D eigenvalue weighted by Crippen LogP contribution is -2.37. The quantitative estimate of drug-likeness (QED) is 0.587. The Morgan fingerprint density at radius 2 is 1.27 bits per heavy atom. The van der Waals surface area contributed by atoms with Crippen LogP contribution in [0.25, 0.3) is 0 Å². The van der Waals surface area contributed by atoms with Crippen LogP contribution in [0.15, 0.2) is 60.7 Å². The van der Waals surface area contributed by atoms with Gasteiger partial charge in [0.1, 0.15) is 0 Å². The Kier molecular flexibility index (Phi) is 6.30. The monoisotopic (exact) mass is 334 g/mol. The summed E-state index contributed by atoms with van der Waals surface area (Å²) in [5.41, 5.74) is 2.79. The zero-order chi connectivity index (χ0) is 16.0. The van der Waals surface area contributed by atoms with Crippen molar-refractivity contribution in [2.24, 2.45) is 0 Å². The van der Waals surface area contributed by atoms with Crippen molar-refractivity contribution in [1.82, 2.24) is 0 Å². The van der Waals surface area contributed by atoms with Crippen molar-refractivity contribution < 1.29 is 14.0 Å². The highest BCUT2D eigenvalue weighted by Gasteiger charge is 2.36. The van der Waals surface area contributed by atoms with Gasteiger partial charge in [-0.2, -0.15) is 0 Å². The summed E-state index contributed by atoms with van der Waals surface area (Å²) < 4.78 is 5.56. The molecule has 118 valence electrons. The van der Waals surface area contributed by atoms with Gasteiger partial charge < -0.3 is 14.0 Å². The second-order valence-corrected chi connectivity index (χ2v) is 11.3. The predicted octanol–water partition coefficient (Wildman–Crippen LogP) is 4.28. The molecule has 0 amide bonds. The first-order chi connectivity index (χ1) is 10.5. The van der Waals surface area contributed by atoms with Crippen molar-refractivity contribution in [3.05, 3.63) is 71.8 Å². The molecule has 2 rings (SSSR count). The molecule has 0 unspecified atom stereocenters. The van der Waals surface area contributed by atoms with Crippen LogP contribution < -0.4 is 0 Å². The van der Waals surface area contributed by atoms with E-state index in [9.17, 15) is 9.79 Å². The van der Waals surface area contributed by atoms with E-state index in [0.717, 1.165) is 12.8 Å². The minimum atomic E-state index is -2.31. The molecule has 0 radical (unpaired) electrons. The van der Waals surface area contributed by atoms with Gasteiger partial charge in [-0.25, -0.2) is 0 Å². The second kappa shape index (κ2) is 8.00. The maximum Gasteiger partial charge on any atom is 0.316 e. The van der Waals surface area contributed by atoms with Crippen molar-refractivity contribution in [3.63, 3.8) is 0 Å². The summed E-state index contributed by atoms with van der Waals surface area (Å²) in [5, 5.41) is 0. The van der Waals surface area contributed by atoms with Gasteiger partial charge in [0, 0.05) is 0 Å². The average Bonchev–Trinajstić information content (AvgIpc) is 2.47. The fraction of sp³-hybridized carbons (Fsp3) is 0.294. The number of hydrogen-bond donors (Lipinski definition) is 2. The summed E-state index contributed by atoms with van der Waals surface area (Å²) in [6.45, 7) is 4.12. The largest absolute Gasteiger partial charge is 0.354 e. The molecular formula is C17H23O3PSi. The van der Waals surface area contributed by atoms with Crippen LogP contribution in [0.1, 0.15) is 11.1 Å². The van der Waals surface area contributed by atoms with Gasteiger partial charge in [0.15, 0.2) is 0 Å². The SMILES string of the molecule is C[Si](C)(OP(O)O)C(Cc1ccccc1)Cc1ccccc1. The van der Waals surface area contributed by atoms with Crippen LogP contribution in [-0.4, -0.2) is 18.1 Å². The van der Waals surface area contributed by atoms with Crippen LogP contribution in [-0.2, 0) is 17.1 Å². The summed E-state index contributed by atoms with van der Waals surface area (Å²) in [7, 11) is -4.54. The second-order valence-electron chi connectivity index (χ2n) is 6.02. The molecule has 0 atom stereocenters. The molecular weight excluding hydrogens is 311 g/mol. The van der Waals surface area contributed by atoms with E-state index >= 15 is 0 Å². The maximum absolute atomic E-state index is 9.30. The summed E-state index contributed by atoms with van der Waals surface area (Å²) in [5.74, 6) is 0. The van der Waals surface area contributed by atoms with Crippen molar-refractivity contribution in [2.45, 2.75) is 31.5 Å². The number of benzene rings is 2. The Balaban J connectivity index is 2.20. The molecule has 2 aromatic carbocycles. The van der Waals surface area contributed by atoms with Crippen LogP contribution >= 0.6 is 8.60 Å². The molecule has 0 fully saturated rings. The van der Waals surface area contributed by atoms with Crippen LogP contribution in [0.5, 0.6) is 0 Å². The lowest BCUT2D eigenvalue weighted by Gasteiger charge is -2.32. The van der Waals surface area contributed by atoms with Crippen LogP contribution in [0.2, 0.25) is 18.6 Å². The minimum absolute atomic E-state index is 0.279. The molecule has 0 spiro atoms. The van der Waals surface area contributed by atoms with Gasteiger partial charge in [-0.05, 0) is 42.6 Å². The highest BCUT2D eigenvalue weighted by atomic mass is 31.2. The predicted molar refractivity (Wildman–Crippen MR) is 94.0 cm³/mol. The fourth-order valence-electron chi connectivity index (χ4n) is 2.65. The maximum atomic E-state index is 9.30. The van der Waals surface area contributed by atoms with Gasteiger partial charge in [-0.1, -0.05) is 60.7 Å². The van der Waals surface area contributed by atoms with Crippen molar-refractivity contribution >= 4 is 16.9 Å². The zero-order valence-corrected chi connectivity index (χ0v) is 14.9. The van der Waals surface area contributed by atoms with Gasteiger partial charge in [0.05, 0.1) is 0 Å². The summed E-state index contributed by atoms with van der Waals surface area (Å²) in [6.07, 6.45) is 1.77. The third-order valence-corrected chi connectivity index (χ3v) is 8.86. The molecule has 2 N–H and O–H groups in total. The Bertz CT molecular complexity index is 519. The molecule has 0 saturated heterocycles. The highest BCUT2D eigenvalue weighted by Crippen LogP contribution is 2.39. The topological polar surface area (TPSA) is 49.7 Å². The van der Waals surface area contributed by atoms with Gasteiger partial charge in [-0.3, -0.25) is 0 Å². The Morgan fingerprint density at radius 3 is 1.64 bits per heavy atom. The van der Waals surface area contributed by atoms with E-state index < -0.39 is 16.9 Å². The molecule has 0 aliphatic carbocycles. The van der Waals surface area contributed by atoms with Crippen molar-refractivity contribution in [2.75, 3.05) is 0 Å². The molecule has 2 aromatic rings. The van der Waals surface area contributed by atoms with E-state index in [-0.39, 0.29) is 5.54 Å². The standard InChI is InChI=1S/C17H23O3PSi/c1-22(2,20-21(18)19)17(13-15-9-5-3-6-10-15)14-16-11-7-4-8-12-16/h3-12,17-19H,13-14H2,1-2H3. The van der Waals surface area contributed by atoms with E-state index in [0.29, 0.717) is 0 Å². The lowest BCUT2D eigenvalue weighted by atomic mass is 10.0. The van der Waals surface area contributed by atoms with E-state index in [2.05, 4.69) is 37.4 Å². The van der Waals surface area contributed by atoms with Crippen LogP contribution in [0.4, 0.5) is 0 Å². The molecule has 0 aromatic heterocycles. The van der Waals surface area contributed by atoms with Gasteiger partial charge >= 0.3 is 8.60 Å². The molecule has 0 heterocycles. The average molecular weight is 334 g/mol. The zero-order valence-electron chi connectivity index (χ0n) is 13.0. The third-order valence-electron chi connectivity index (χ3n) is 3.95. The molecule has 3 nitrogen and oxygen atoms in total. The molecule has 0 aliphatic rings. The third kappa shape index (κ3) is 5.31. The molecule has 0 saturated carbocycles. The minimum Gasteiger partial charge on any atom is -0.354 e. The van der Waals surface area contributed by atoms with Crippen LogP contribution in [0.3, 0.4) is 0 Å². The van der Waals surface area contributed by atoms with Crippen molar-refractivity contribution in [1.29, 1.82) is 0 Å². The highest BCUT2D eigenvalue weighted by molar-refractivity contribution is 7.41. The normalized spacial score (nSPS) is 12.1. The van der Waals surface area contributed by atoms with Gasteiger partial charge in [0.2, 0.25) is 8.32 Å². The first-order valence-electron chi connectivity index (χ1n) is 7.42. The molecule has 5 heteroatoms. The Morgan fingerprint density at radius 1 is 0.864 bits per heavy atom. The van der Waals surface area contributed by atoms with Gasteiger partial charge in [0.25, 0.3) is 0 Å². The van der Waals surface area contributed by atoms with E-state index in [1.807, 2.05) is 36.4 Å². The number of rotatable bonds is 7. The van der Waals surface area contributed by atoms with E-state index in [1.54, 1.807) is 0 Å². The van der Waals surface area contributed by atoms with E-state index in [4.69, 9.17) is 4.21 Å². The van der Waals surface area contributed by atoms with Gasteiger partial charge in [-0.15, -0.1) is 0 Å². The summed E-state index contributed by atoms with van der Waals surface area (Å²) in [4.78, 5) is 18.6. The summed E-state index contributed by atoms with van der Waals surface area (Å²) in [6, 6.07) is 20.6. The fourth-order valence-corrected chi connectivity index (χ4v) is 6.38. The first kappa shape index (κ1) is 17.3. The first-order valence-corrected chi connectivity index (χ1v) is 11.6. The smallest absolute Gasteiger partial charge is 0.316 e. The Hall–Kier alpha value is -1.03. The summed E-state index contributed by atoms with van der Waals surface area (Å²) >= 11 is 0. The Labute approximate surface area is 134 Å². The van der Waals surface area contributed by atoms with Crippen LogP contribution in [0, 0.1) is 0 Å². The van der Waals surface area contributed by atoms with E-state index in [1.165, 1.54) is 11.1 Å². The molecule has 22 heavy (non-hydrogen) atoms. The number of hydrogen-bond acceptors (Lipinski definition) is 3.